The minimum absolute atomic E-state index is 0.00553. The standard InChI is InChI=1S/C19H33N3O3/c1-4-7-9-10-13-22(19(24)16(6-3)11-8-5-2)15-18(23)20-17-12-14-25-21-17/h12,14,16H,4-11,13,15H2,1-3H3,(H,20,21,23)/t16-/m1/s1. The zero-order valence-corrected chi connectivity index (χ0v) is 15.9. The molecule has 25 heavy (non-hydrogen) atoms. The SMILES string of the molecule is CCCCCCN(CC(=O)Nc1ccon1)C(=O)[C@H](CC)CCCC. The van der Waals surface area contributed by atoms with Gasteiger partial charge in [-0.25, -0.2) is 0 Å². The molecular formula is C19H33N3O3. The van der Waals surface area contributed by atoms with Crippen molar-refractivity contribution in [2.24, 2.45) is 5.92 Å². The van der Waals surface area contributed by atoms with Crippen LogP contribution in [0.1, 0.15) is 72.1 Å². The lowest BCUT2D eigenvalue weighted by atomic mass is 9.97. The zero-order chi connectivity index (χ0) is 18.5. The van der Waals surface area contributed by atoms with Crippen LogP contribution in [0.15, 0.2) is 16.9 Å². The summed E-state index contributed by atoms with van der Waals surface area (Å²) in [6.45, 7) is 7.04. The molecule has 0 radical (unpaired) electrons. The average Bonchev–Trinajstić information content (AvgIpc) is 3.11. The van der Waals surface area contributed by atoms with Crippen molar-refractivity contribution in [3.05, 3.63) is 12.3 Å². The Bertz CT molecular complexity index is 488. The van der Waals surface area contributed by atoms with Crippen LogP contribution in [0.5, 0.6) is 0 Å². The molecule has 0 aliphatic rings. The van der Waals surface area contributed by atoms with Crippen LogP contribution in [-0.2, 0) is 9.59 Å². The highest BCUT2D eigenvalue weighted by Gasteiger charge is 2.24. The summed E-state index contributed by atoms with van der Waals surface area (Å²) in [7, 11) is 0. The molecular weight excluding hydrogens is 318 g/mol. The maximum Gasteiger partial charge on any atom is 0.245 e. The molecule has 142 valence electrons. The van der Waals surface area contributed by atoms with Gasteiger partial charge in [-0.05, 0) is 19.3 Å². The molecule has 0 saturated carbocycles. The van der Waals surface area contributed by atoms with Gasteiger partial charge in [0.15, 0.2) is 5.82 Å². The lowest BCUT2D eigenvalue weighted by molar-refractivity contribution is -0.138. The van der Waals surface area contributed by atoms with Crippen LogP contribution >= 0.6 is 0 Å². The first-order valence-corrected chi connectivity index (χ1v) is 9.61. The van der Waals surface area contributed by atoms with Gasteiger partial charge in [0.1, 0.15) is 6.26 Å². The molecule has 0 spiro atoms. The van der Waals surface area contributed by atoms with Crippen molar-refractivity contribution in [3.8, 4) is 0 Å². The minimum Gasteiger partial charge on any atom is -0.363 e. The number of amides is 2. The van der Waals surface area contributed by atoms with Crippen molar-refractivity contribution >= 4 is 17.6 Å². The number of hydrogen-bond acceptors (Lipinski definition) is 4. The molecule has 0 aliphatic carbocycles. The van der Waals surface area contributed by atoms with Crippen molar-refractivity contribution in [3.63, 3.8) is 0 Å². The van der Waals surface area contributed by atoms with E-state index in [0.717, 1.165) is 51.4 Å². The first-order chi connectivity index (χ1) is 12.1. The maximum absolute atomic E-state index is 12.9. The van der Waals surface area contributed by atoms with E-state index in [1.165, 1.54) is 6.26 Å². The van der Waals surface area contributed by atoms with Gasteiger partial charge in [-0.2, -0.15) is 0 Å². The van der Waals surface area contributed by atoms with Gasteiger partial charge in [-0.15, -0.1) is 0 Å². The number of hydrogen-bond donors (Lipinski definition) is 1. The molecule has 6 heteroatoms. The smallest absolute Gasteiger partial charge is 0.245 e. The van der Waals surface area contributed by atoms with Gasteiger partial charge in [0.2, 0.25) is 11.8 Å². The van der Waals surface area contributed by atoms with Gasteiger partial charge in [0, 0.05) is 18.5 Å². The Morgan fingerprint density at radius 1 is 1.16 bits per heavy atom. The monoisotopic (exact) mass is 351 g/mol. The normalized spacial score (nSPS) is 12.0. The molecule has 0 fully saturated rings. The Balaban J connectivity index is 2.65. The second-order valence-electron chi connectivity index (χ2n) is 6.50. The highest BCUT2D eigenvalue weighted by atomic mass is 16.5. The molecule has 1 heterocycles. The van der Waals surface area contributed by atoms with Crippen LogP contribution in [0.3, 0.4) is 0 Å². The van der Waals surface area contributed by atoms with Gasteiger partial charge < -0.3 is 14.7 Å². The predicted molar refractivity (Wildman–Crippen MR) is 99.2 cm³/mol. The fraction of sp³-hybridized carbons (Fsp3) is 0.737. The first kappa shape index (κ1) is 21.2. The number of carbonyl (C=O) groups is 2. The Hall–Kier alpha value is -1.85. The molecule has 0 saturated heterocycles. The number of anilines is 1. The van der Waals surface area contributed by atoms with Crippen molar-refractivity contribution < 1.29 is 14.1 Å². The lowest BCUT2D eigenvalue weighted by Gasteiger charge is -2.26. The van der Waals surface area contributed by atoms with Gasteiger partial charge in [0.25, 0.3) is 0 Å². The van der Waals surface area contributed by atoms with Crippen LogP contribution in [-0.4, -0.2) is 35.0 Å². The summed E-state index contributed by atoms with van der Waals surface area (Å²) in [6.07, 6.45) is 9.54. The molecule has 2 amide bonds. The quantitative estimate of drug-likeness (QED) is 0.539. The predicted octanol–water partition coefficient (Wildman–Crippen LogP) is 4.24. The topological polar surface area (TPSA) is 75.4 Å². The second-order valence-corrected chi connectivity index (χ2v) is 6.50. The van der Waals surface area contributed by atoms with Crippen LogP contribution in [0.2, 0.25) is 0 Å². The van der Waals surface area contributed by atoms with Crippen molar-refractivity contribution in [2.45, 2.75) is 72.1 Å². The largest absolute Gasteiger partial charge is 0.363 e. The Kier molecular flexibility index (Phi) is 10.6. The van der Waals surface area contributed by atoms with E-state index in [0.29, 0.717) is 12.4 Å². The van der Waals surface area contributed by atoms with E-state index in [4.69, 9.17) is 4.52 Å². The van der Waals surface area contributed by atoms with Crippen molar-refractivity contribution in [1.29, 1.82) is 0 Å². The summed E-state index contributed by atoms with van der Waals surface area (Å²) in [5.41, 5.74) is 0. The summed E-state index contributed by atoms with van der Waals surface area (Å²) >= 11 is 0. The molecule has 1 aromatic rings. The van der Waals surface area contributed by atoms with E-state index in [-0.39, 0.29) is 24.3 Å². The molecule has 1 atom stereocenters. The van der Waals surface area contributed by atoms with E-state index in [1.807, 2.05) is 6.92 Å². The van der Waals surface area contributed by atoms with Crippen LogP contribution in [0.25, 0.3) is 0 Å². The Labute approximate surface area is 151 Å². The third kappa shape index (κ3) is 8.18. The van der Waals surface area contributed by atoms with Gasteiger partial charge in [-0.3, -0.25) is 9.59 Å². The number of unbranched alkanes of at least 4 members (excludes halogenated alkanes) is 4. The van der Waals surface area contributed by atoms with Crippen molar-refractivity contribution in [1.82, 2.24) is 10.1 Å². The number of nitrogens with zero attached hydrogens (tertiary/aromatic N) is 2. The maximum atomic E-state index is 12.9. The van der Waals surface area contributed by atoms with Crippen LogP contribution in [0, 0.1) is 5.92 Å². The zero-order valence-electron chi connectivity index (χ0n) is 15.9. The van der Waals surface area contributed by atoms with E-state index in [9.17, 15) is 9.59 Å². The van der Waals surface area contributed by atoms with E-state index >= 15 is 0 Å². The minimum atomic E-state index is -0.233. The fourth-order valence-corrected chi connectivity index (χ4v) is 2.84. The molecule has 1 aromatic heterocycles. The molecule has 0 aliphatic heterocycles. The van der Waals surface area contributed by atoms with E-state index < -0.39 is 0 Å². The first-order valence-electron chi connectivity index (χ1n) is 9.61. The summed E-state index contributed by atoms with van der Waals surface area (Å²) in [5.74, 6) is 0.248. The molecule has 1 N–H and O–H groups in total. The second kappa shape index (κ2) is 12.5. The molecule has 1 rings (SSSR count). The van der Waals surface area contributed by atoms with E-state index in [2.05, 4.69) is 24.3 Å². The molecule has 0 aromatic carbocycles. The third-order valence-electron chi connectivity index (χ3n) is 4.38. The number of carbonyl (C=O) groups excluding carboxylic acids is 2. The molecule has 0 unspecified atom stereocenters. The number of aromatic nitrogens is 1. The average molecular weight is 351 g/mol. The Morgan fingerprint density at radius 3 is 2.52 bits per heavy atom. The third-order valence-corrected chi connectivity index (χ3v) is 4.38. The number of nitrogens with one attached hydrogen (secondary N) is 1. The lowest BCUT2D eigenvalue weighted by Crippen LogP contribution is -2.42. The van der Waals surface area contributed by atoms with Crippen molar-refractivity contribution in [2.75, 3.05) is 18.4 Å². The molecule has 6 nitrogen and oxygen atoms in total. The summed E-state index contributed by atoms with van der Waals surface area (Å²) in [6, 6.07) is 1.58. The summed E-state index contributed by atoms with van der Waals surface area (Å²) in [4.78, 5) is 26.9. The molecule has 0 bridgehead atoms. The van der Waals surface area contributed by atoms with Gasteiger partial charge in [-0.1, -0.05) is 58.0 Å². The van der Waals surface area contributed by atoms with Gasteiger partial charge in [0.05, 0.1) is 6.54 Å². The summed E-state index contributed by atoms with van der Waals surface area (Å²) < 4.78 is 4.71. The summed E-state index contributed by atoms with van der Waals surface area (Å²) in [5, 5.41) is 6.35. The number of rotatable bonds is 13. The fourth-order valence-electron chi connectivity index (χ4n) is 2.84. The van der Waals surface area contributed by atoms with Gasteiger partial charge >= 0.3 is 0 Å². The van der Waals surface area contributed by atoms with Crippen LogP contribution in [0.4, 0.5) is 5.82 Å². The van der Waals surface area contributed by atoms with Crippen LogP contribution < -0.4 is 5.32 Å². The highest BCUT2D eigenvalue weighted by Crippen LogP contribution is 2.17. The van der Waals surface area contributed by atoms with E-state index in [1.54, 1.807) is 11.0 Å². The Morgan fingerprint density at radius 2 is 1.92 bits per heavy atom. The highest BCUT2D eigenvalue weighted by molar-refractivity contribution is 5.94.